The molecule has 1 saturated carbocycles. The van der Waals surface area contributed by atoms with Crippen LogP contribution in [0.1, 0.15) is 37.9 Å². The third-order valence-electron chi connectivity index (χ3n) is 3.80. The first-order valence-corrected chi connectivity index (χ1v) is 7.23. The number of carbonyl (C=O) groups is 1. The van der Waals surface area contributed by atoms with Gasteiger partial charge in [0.2, 0.25) is 5.91 Å². The van der Waals surface area contributed by atoms with E-state index in [4.69, 9.17) is 5.26 Å². The molecule has 0 aromatic carbocycles. The molecule has 1 fully saturated rings. The topological polar surface area (TPSA) is 94.5 Å². The van der Waals surface area contributed by atoms with Crippen LogP contribution in [0.25, 0.3) is 11.2 Å². The maximum absolute atomic E-state index is 12.1. The summed E-state index contributed by atoms with van der Waals surface area (Å²) >= 11 is 0. The first kappa shape index (κ1) is 13.6. The van der Waals surface area contributed by atoms with Crippen LogP contribution in [0.15, 0.2) is 18.3 Å². The van der Waals surface area contributed by atoms with Crippen molar-refractivity contribution >= 4 is 17.1 Å². The lowest BCUT2D eigenvalue weighted by Crippen LogP contribution is -2.35. The molecule has 2 N–H and O–H groups in total. The van der Waals surface area contributed by atoms with Crippen molar-refractivity contribution in [1.82, 2.24) is 20.3 Å². The van der Waals surface area contributed by atoms with E-state index in [1.807, 2.05) is 19.1 Å². The molecule has 0 radical (unpaired) electrons. The highest BCUT2D eigenvalue weighted by atomic mass is 16.2. The van der Waals surface area contributed by atoms with Crippen LogP contribution in [0.3, 0.4) is 0 Å². The fourth-order valence-electron chi connectivity index (χ4n) is 2.56. The Hall–Kier alpha value is -2.42. The molecule has 21 heavy (non-hydrogen) atoms. The Balaban J connectivity index is 1.65. The highest BCUT2D eigenvalue weighted by Crippen LogP contribution is 2.46. The second-order valence-electron chi connectivity index (χ2n) is 5.42. The number of nitrogens with one attached hydrogen (secondary N) is 2. The van der Waals surface area contributed by atoms with Gasteiger partial charge in [-0.25, -0.2) is 9.97 Å². The summed E-state index contributed by atoms with van der Waals surface area (Å²) in [4.78, 5) is 24.0. The van der Waals surface area contributed by atoms with E-state index >= 15 is 0 Å². The normalized spacial score (nSPS) is 21.7. The van der Waals surface area contributed by atoms with Crippen LogP contribution in [0, 0.1) is 17.2 Å². The summed E-state index contributed by atoms with van der Waals surface area (Å²) in [5.74, 6) is 0.791. The number of imidazole rings is 1. The number of hydrogen-bond acceptors (Lipinski definition) is 4. The summed E-state index contributed by atoms with van der Waals surface area (Å²) in [6, 6.07) is 5.51. The zero-order chi connectivity index (χ0) is 14.8. The second kappa shape index (κ2) is 5.52. The van der Waals surface area contributed by atoms with Crippen molar-refractivity contribution in [3.8, 4) is 6.07 Å². The molecule has 0 bridgehead atoms. The third-order valence-corrected chi connectivity index (χ3v) is 3.80. The molecule has 2 heterocycles. The average molecular weight is 283 g/mol. The molecule has 3 rings (SSSR count). The molecule has 2 aromatic rings. The van der Waals surface area contributed by atoms with Gasteiger partial charge >= 0.3 is 0 Å². The lowest BCUT2D eigenvalue weighted by Gasteiger charge is -2.09. The van der Waals surface area contributed by atoms with Crippen molar-refractivity contribution in [2.45, 2.75) is 38.1 Å². The van der Waals surface area contributed by atoms with E-state index in [9.17, 15) is 4.79 Å². The van der Waals surface area contributed by atoms with Crippen LogP contribution in [-0.2, 0) is 4.79 Å². The molecule has 108 valence electrons. The Morgan fingerprint density at radius 3 is 3.24 bits per heavy atom. The Labute approximate surface area is 122 Å². The zero-order valence-electron chi connectivity index (χ0n) is 11.8. The lowest BCUT2D eigenvalue weighted by molar-refractivity contribution is -0.122. The predicted molar refractivity (Wildman–Crippen MR) is 77.2 cm³/mol. The van der Waals surface area contributed by atoms with E-state index in [-0.39, 0.29) is 23.8 Å². The molecule has 2 aromatic heterocycles. The van der Waals surface area contributed by atoms with Crippen molar-refractivity contribution in [2.75, 3.05) is 0 Å². The SMILES string of the molecule is CCCC(C#N)NC(=O)[C@@H]1C[C@@H]1c1nc2ncccc2[nH]1. The van der Waals surface area contributed by atoms with Crippen LogP contribution in [0.4, 0.5) is 0 Å². The first-order chi connectivity index (χ1) is 10.2. The van der Waals surface area contributed by atoms with Crippen LogP contribution in [-0.4, -0.2) is 26.9 Å². The number of nitrogens with zero attached hydrogens (tertiary/aromatic N) is 3. The van der Waals surface area contributed by atoms with Gasteiger partial charge in [-0.05, 0) is 25.0 Å². The lowest BCUT2D eigenvalue weighted by atomic mass is 10.2. The number of pyridine rings is 1. The number of rotatable bonds is 5. The van der Waals surface area contributed by atoms with Crippen LogP contribution in [0.2, 0.25) is 0 Å². The average Bonchev–Trinajstić information content (AvgIpc) is 3.18. The van der Waals surface area contributed by atoms with Gasteiger partial charge < -0.3 is 10.3 Å². The van der Waals surface area contributed by atoms with E-state index < -0.39 is 0 Å². The first-order valence-electron chi connectivity index (χ1n) is 7.23. The highest BCUT2D eigenvalue weighted by molar-refractivity contribution is 5.83. The summed E-state index contributed by atoms with van der Waals surface area (Å²) in [5, 5.41) is 11.8. The van der Waals surface area contributed by atoms with Gasteiger partial charge in [0.25, 0.3) is 0 Å². The number of hydrogen-bond donors (Lipinski definition) is 2. The van der Waals surface area contributed by atoms with Gasteiger partial charge in [0.05, 0.1) is 11.6 Å². The fraction of sp³-hybridized carbons (Fsp3) is 0.467. The van der Waals surface area contributed by atoms with Gasteiger partial charge in [-0.1, -0.05) is 13.3 Å². The molecule has 1 amide bonds. The van der Waals surface area contributed by atoms with Gasteiger partial charge in [-0.3, -0.25) is 4.79 Å². The van der Waals surface area contributed by atoms with Crippen molar-refractivity contribution in [3.63, 3.8) is 0 Å². The molecular formula is C15H17N5O. The van der Waals surface area contributed by atoms with Gasteiger partial charge in [0, 0.05) is 18.0 Å². The summed E-state index contributed by atoms with van der Waals surface area (Å²) in [5.41, 5.74) is 1.57. The summed E-state index contributed by atoms with van der Waals surface area (Å²) < 4.78 is 0. The molecule has 1 aliphatic rings. The Bertz CT molecular complexity index is 668. The molecule has 6 nitrogen and oxygen atoms in total. The minimum absolute atomic E-state index is 0.0478. The van der Waals surface area contributed by atoms with E-state index in [1.165, 1.54) is 0 Å². The smallest absolute Gasteiger partial charge is 0.224 e. The standard InChI is InChI=1S/C15H17N5O/c1-2-4-9(8-16)18-15(21)11-7-10(11)13-19-12-5-3-6-17-14(12)20-13/h3,5-6,9-11H,2,4,7H2,1H3,(H,18,21)(H,17,19,20)/t9?,10-,11+/m0/s1. The van der Waals surface area contributed by atoms with Crippen LogP contribution < -0.4 is 5.32 Å². The Morgan fingerprint density at radius 1 is 1.67 bits per heavy atom. The minimum Gasteiger partial charge on any atom is -0.340 e. The highest BCUT2D eigenvalue weighted by Gasteiger charge is 2.46. The monoisotopic (exact) mass is 283 g/mol. The molecular weight excluding hydrogens is 266 g/mol. The van der Waals surface area contributed by atoms with E-state index in [0.717, 1.165) is 24.2 Å². The number of aromatic amines is 1. The number of carbonyl (C=O) groups excluding carboxylic acids is 1. The molecule has 1 aliphatic carbocycles. The van der Waals surface area contributed by atoms with Crippen molar-refractivity contribution in [3.05, 3.63) is 24.2 Å². The Morgan fingerprint density at radius 2 is 2.52 bits per heavy atom. The summed E-state index contributed by atoms with van der Waals surface area (Å²) in [6.07, 6.45) is 4.04. The number of nitriles is 1. The van der Waals surface area contributed by atoms with Crippen molar-refractivity contribution in [2.24, 2.45) is 5.92 Å². The number of fused-ring (bicyclic) bond motifs is 1. The summed E-state index contributed by atoms with van der Waals surface area (Å²) in [6.45, 7) is 2.00. The Kier molecular flexibility index (Phi) is 3.57. The maximum atomic E-state index is 12.1. The van der Waals surface area contributed by atoms with Gasteiger partial charge in [-0.15, -0.1) is 0 Å². The number of aromatic nitrogens is 3. The van der Waals surface area contributed by atoms with E-state index in [0.29, 0.717) is 12.1 Å². The predicted octanol–water partition coefficient (Wildman–Crippen LogP) is 1.87. The molecule has 6 heteroatoms. The molecule has 0 aliphatic heterocycles. The van der Waals surface area contributed by atoms with Gasteiger partial charge in [0.1, 0.15) is 11.9 Å². The quantitative estimate of drug-likeness (QED) is 0.875. The minimum atomic E-state index is -0.388. The fourth-order valence-corrected chi connectivity index (χ4v) is 2.56. The van der Waals surface area contributed by atoms with E-state index in [1.54, 1.807) is 6.20 Å². The van der Waals surface area contributed by atoms with Gasteiger partial charge in [0.15, 0.2) is 5.65 Å². The number of amides is 1. The zero-order valence-corrected chi connectivity index (χ0v) is 11.8. The molecule has 1 unspecified atom stereocenters. The van der Waals surface area contributed by atoms with Crippen LogP contribution in [0.5, 0.6) is 0 Å². The van der Waals surface area contributed by atoms with E-state index in [2.05, 4.69) is 26.3 Å². The van der Waals surface area contributed by atoms with Crippen molar-refractivity contribution < 1.29 is 4.79 Å². The molecule has 3 atom stereocenters. The van der Waals surface area contributed by atoms with Gasteiger partial charge in [-0.2, -0.15) is 5.26 Å². The number of H-pyrrole nitrogens is 1. The summed E-state index contributed by atoms with van der Waals surface area (Å²) in [7, 11) is 0. The molecule has 0 spiro atoms. The maximum Gasteiger partial charge on any atom is 0.224 e. The largest absolute Gasteiger partial charge is 0.340 e. The van der Waals surface area contributed by atoms with Crippen LogP contribution >= 0.6 is 0 Å². The third kappa shape index (κ3) is 2.72. The second-order valence-corrected chi connectivity index (χ2v) is 5.42. The molecule has 0 saturated heterocycles. The van der Waals surface area contributed by atoms with Crippen molar-refractivity contribution in [1.29, 1.82) is 5.26 Å².